The van der Waals surface area contributed by atoms with Crippen molar-refractivity contribution >= 4 is 23.6 Å². The fraction of sp³-hybridized carbons (Fsp3) is 0.385. The number of carbonyl (C=O) groups excluding carboxylic acids is 1. The standard InChI is InChI=1S/C24H26F2N4O4.C2HF3O2/c1-14-10-20(34-13-17-18(25)7-5-8-19(17)26)22-28-15(2)21(30(22)12-14)23(31)27-11-16-6-3-4-9-29(16)24(32)33;3-2(4,5)1(6)7/h5,7-8,10,12,16H,3-4,6,9,11,13H2,1-2H3,(H,27,31)(H,32,33);(H,6,7)/t16-;/m1./s1. The van der Waals surface area contributed by atoms with Crippen LogP contribution in [-0.2, 0) is 11.4 Å². The van der Waals surface area contributed by atoms with Gasteiger partial charge in [0.15, 0.2) is 11.4 Å². The first-order valence-electron chi connectivity index (χ1n) is 12.3. The second kappa shape index (κ2) is 12.8. The van der Waals surface area contributed by atoms with E-state index < -0.39 is 35.8 Å². The van der Waals surface area contributed by atoms with Gasteiger partial charge in [0.05, 0.1) is 17.3 Å². The number of pyridine rings is 1. The van der Waals surface area contributed by atoms with Gasteiger partial charge in [-0.15, -0.1) is 0 Å². The van der Waals surface area contributed by atoms with Crippen molar-refractivity contribution < 1.29 is 51.3 Å². The summed E-state index contributed by atoms with van der Waals surface area (Å²) in [7, 11) is 0. The van der Waals surface area contributed by atoms with Crippen molar-refractivity contribution in [2.24, 2.45) is 0 Å². The molecule has 0 radical (unpaired) electrons. The molecule has 3 aromatic rings. The van der Waals surface area contributed by atoms with Crippen LogP contribution in [0.2, 0.25) is 0 Å². The number of amides is 2. The number of likely N-dealkylation sites (tertiary alicyclic amines) is 1. The highest BCUT2D eigenvalue weighted by Gasteiger charge is 2.38. The van der Waals surface area contributed by atoms with Gasteiger partial charge in [0, 0.05) is 19.3 Å². The lowest BCUT2D eigenvalue weighted by Gasteiger charge is -2.33. The molecule has 1 saturated heterocycles. The average molecular weight is 587 g/mol. The summed E-state index contributed by atoms with van der Waals surface area (Å²) in [6.07, 6.45) is -1.95. The molecule has 0 saturated carbocycles. The molecule has 1 aliphatic heterocycles. The number of halogens is 5. The number of alkyl halides is 3. The minimum atomic E-state index is -5.08. The van der Waals surface area contributed by atoms with Crippen LogP contribution in [0.1, 0.15) is 46.6 Å². The monoisotopic (exact) mass is 586 g/mol. The fourth-order valence-electron chi connectivity index (χ4n) is 4.32. The summed E-state index contributed by atoms with van der Waals surface area (Å²) in [6.45, 7) is 3.80. The van der Waals surface area contributed by atoms with Crippen molar-refractivity contribution in [3.05, 3.63) is 64.6 Å². The number of aliphatic carboxylic acids is 1. The third-order valence-corrected chi connectivity index (χ3v) is 6.26. The molecule has 2 amide bonds. The molecule has 2 aromatic heterocycles. The summed E-state index contributed by atoms with van der Waals surface area (Å²) >= 11 is 0. The van der Waals surface area contributed by atoms with Crippen LogP contribution in [0, 0.1) is 25.5 Å². The molecule has 10 nitrogen and oxygen atoms in total. The number of carboxylic acids is 1. The Labute approximate surface area is 230 Å². The molecule has 15 heteroatoms. The maximum Gasteiger partial charge on any atom is 0.490 e. The summed E-state index contributed by atoms with van der Waals surface area (Å²) in [5, 5.41) is 19.4. The van der Waals surface area contributed by atoms with E-state index in [4.69, 9.17) is 14.6 Å². The number of benzene rings is 1. The van der Waals surface area contributed by atoms with E-state index in [0.717, 1.165) is 30.5 Å². The lowest BCUT2D eigenvalue weighted by molar-refractivity contribution is -0.192. The van der Waals surface area contributed by atoms with Crippen molar-refractivity contribution in [2.45, 2.75) is 51.9 Å². The number of fused-ring (bicyclic) bond motifs is 1. The van der Waals surface area contributed by atoms with E-state index in [1.165, 1.54) is 11.0 Å². The fourth-order valence-corrected chi connectivity index (χ4v) is 4.32. The number of aromatic nitrogens is 2. The zero-order chi connectivity index (χ0) is 30.5. The number of aryl methyl sites for hydroxylation is 2. The van der Waals surface area contributed by atoms with E-state index in [2.05, 4.69) is 10.3 Å². The van der Waals surface area contributed by atoms with E-state index in [0.29, 0.717) is 30.0 Å². The van der Waals surface area contributed by atoms with Crippen LogP contribution in [0.4, 0.5) is 26.7 Å². The SMILES string of the molecule is Cc1cc(OCc2c(F)cccc2F)c2nc(C)c(C(=O)NC[C@H]3CCCCN3C(=O)O)n2c1.O=C(O)C(F)(F)F. The first-order valence-corrected chi connectivity index (χ1v) is 12.3. The van der Waals surface area contributed by atoms with Crippen molar-refractivity contribution in [2.75, 3.05) is 13.1 Å². The number of imidazole rings is 1. The van der Waals surface area contributed by atoms with E-state index in [1.807, 2.05) is 0 Å². The highest BCUT2D eigenvalue weighted by molar-refractivity contribution is 5.95. The molecule has 3 heterocycles. The smallest absolute Gasteiger partial charge is 0.485 e. The molecule has 0 spiro atoms. The van der Waals surface area contributed by atoms with Gasteiger partial charge in [-0.2, -0.15) is 13.2 Å². The van der Waals surface area contributed by atoms with Crippen LogP contribution < -0.4 is 10.1 Å². The Hall–Kier alpha value is -4.43. The molecule has 1 aliphatic rings. The Bertz CT molecular complexity index is 1420. The number of carboxylic acid groups (broad SMARTS) is 2. The molecule has 1 fully saturated rings. The van der Waals surface area contributed by atoms with Crippen molar-refractivity contribution in [1.82, 2.24) is 19.6 Å². The molecular formula is C26H27F5N4O6. The lowest BCUT2D eigenvalue weighted by atomic mass is 10.0. The number of piperidine rings is 1. The van der Waals surface area contributed by atoms with E-state index in [-0.39, 0.29) is 30.5 Å². The van der Waals surface area contributed by atoms with Crippen LogP contribution in [-0.4, -0.2) is 67.8 Å². The second-order valence-corrected chi connectivity index (χ2v) is 9.25. The molecule has 0 aliphatic carbocycles. The Morgan fingerprint density at radius 2 is 1.76 bits per heavy atom. The average Bonchev–Trinajstić information content (AvgIpc) is 3.22. The summed E-state index contributed by atoms with van der Waals surface area (Å²) in [5.41, 5.74) is 1.64. The summed E-state index contributed by atoms with van der Waals surface area (Å²) in [4.78, 5) is 39.3. The number of nitrogens with one attached hydrogen (secondary N) is 1. The van der Waals surface area contributed by atoms with Crippen LogP contribution in [0.15, 0.2) is 30.5 Å². The molecule has 0 unspecified atom stereocenters. The molecule has 4 rings (SSSR count). The predicted octanol–water partition coefficient (Wildman–Crippen LogP) is 4.70. The minimum absolute atomic E-state index is 0.194. The first-order chi connectivity index (χ1) is 19.2. The van der Waals surface area contributed by atoms with E-state index in [1.54, 1.807) is 30.5 Å². The zero-order valence-corrected chi connectivity index (χ0v) is 22.0. The Morgan fingerprint density at radius 3 is 2.34 bits per heavy atom. The molecule has 3 N–H and O–H groups in total. The molecule has 1 aromatic carbocycles. The van der Waals surface area contributed by atoms with Gasteiger partial charge in [0.25, 0.3) is 5.91 Å². The van der Waals surface area contributed by atoms with Gasteiger partial charge in [-0.25, -0.2) is 23.4 Å². The molecule has 1 atom stereocenters. The number of rotatable bonds is 6. The maximum absolute atomic E-state index is 14.0. The minimum Gasteiger partial charge on any atom is -0.485 e. The molecule has 222 valence electrons. The number of hydrogen-bond acceptors (Lipinski definition) is 5. The summed E-state index contributed by atoms with van der Waals surface area (Å²) < 4.78 is 67.1. The first kappa shape index (κ1) is 31.1. The normalized spacial score (nSPS) is 15.2. The predicted molar refractivity (Wildman–Crippen MR) is 134 cm³/mol. The Morgan fingerprint density at radius 1 is 1.12 bits per heavy atom. The van der Waals surface area contributed by atoms with E-state index in [9.17, 15) is 36.6 Å². The summed E-state index contributed by atoms with van der Waals surface area (Å²) in [6, 6.07) is 5.01. The van der Waals surface area contributed by atoms with Crippen LogP contribution in [0.5, 0.6) is 5.75 Å². The highest BCUT2D eigenvalue weighted by atomic mass is 19.4. The van der Waals surface area contributed by atoms with Gasteiger partial charge in [0.1, 0.15) is 23.9 Å². The van der Waals surface area contributed by atoms with Crippen molar-refractivity contribution in [1.29, 1.82) is 0 Å². The highest BCUT2D eigenvalue weighted by Crippen LogP contribution is 2.26. The Balaban J connectivity index is 0.000000587. The Kier molecular flexibility index (Phi) is 9.73. The van der Waals surface area contributed by atoms with Gasteiger partial charge in [-0.3, -0.25) is 9.20 Å². The lowest BCUT2D eigenvalue weighted by Crippen LogP contribution is -2.49. The number of nitrogens with zero attached hydrogens (tertiary/aromatic N) is 3. The molecule has 41 heavy (non-hydrogen) atoms. The van der Waals surface area contributed by atoms with Crippen LogP contribution in [0.3, 0.4) is 0 Å². The third kappa shape index (κ3) is 7.61. The zero-order valence-electron chi connectivity index (χ0n) is 22.0. The second-order valence-electron chi connectivity index (χ2n) is 9.25. The topological polar surface area (TPSA) is 133 Å². The number of ether oxygens (including phenoxy) is 1. The number of carbonyl (C=O) groups is 3. The third-order valence-electron chi connectivity index (χ3n) is 6.26. The van der Waals surface area contributed by atoms with Crippen LogP contribution in [0.25, 0.3) is 5.65 Å². The van der Waals surface area contributed by atoms with Crippen molar-refractivity contribution in [3.63, 3.8) is 0 Å². The van der Waals surface area contributed by atoms with Gasteiger partial charge in [-0.05, 0) is 56.9 Å². The summed E-state index contributed by atoms with van der Waals surface area (Å²) in [5.74, 6) is -4.28. The van der Waals surface area contributed by atoms with Crippen LogP contribution >= 0.6 is 0 Å². The molecular weight excluding hydrogens is 559 g/mol. The largest absolute Gasteiger partial charge is 0.490 e. The number of hydrogen-bond donors (Lipinski definition) is 3. The van der Waals surface area contributed by atoms with Crippen molar-refractivity contribution in [3.8, 4) is 5.75 Å². The molecule has 0 bridgehead atoms. The van der Waals surface area contributed by atoms with Gasteiger partial charge in [0.2, 0.25) is 0 Å². The van der Waals surface area contributed by atoms with Gasteiger partial charge >= 0.3 is 18.2 Å². The maximum atomic E-state index is 14.0. The quantitative estimate of drug-likeness (QED) is 0.357. The van der Waals surface area contributed by atoms with Gasteiger partial charge in [-0.1, -0.05) is 6.07 Å². The van der Waals surface area contributed by atoms with E-state index >= 15 is 0 Å². The van der Waals surface area contributed by atoms with Gasteiger partial charge < -0.3 is 25.2 Å².